The van der Waals surface area contributed by atoms with Crippen molar-refractivity contribution in [1.29, 1.82) is 0 Å². The molecule has 0 saturated carbocycles. The molecule has 0 radical (unpaired) electrons. The number of hydrogen-bond donors (Lipinski definition) is 1. The standard InChI is InChI=1S/C16H21NO/c1-12(17-18-16(2,3)4)14-10-9-13-7-5-6-8-15(13)11-14/h5-12,17H,1-4H3. The molecule has 0 aliphatic rings. The Morgan fingerprint density at radius 3 is 2.33 bits per heavy atom. The topological polar surface area (TPSA) is 21.3 Å². The molecule has 1 atom stereocenters. The molecular weight excluding hydrogens is 222 g/mol. The van der Waals surface area contributed by atoms with E-state index in [2.05, 4.69) is 54.9 Å². The lowest BCUT2D eigenvalue weighted by atomic mass is 10.0. The van der Waals surface area contributed by atoms with Crippen LogP contribution >= 0.6 is 0 Å². The Labute approximate surface area is 109 Å². The predicted octanol–water partition coefficient (Wildman–Crippen LogP) is 4.22. The molecule has 0 aromatic heterocycles. The van der Waals surface area contributed by atoms with Crippen LogP contribution in [-0.2, 0) is 4.84 Å². The van der Waals surface area contributed by atoms with Gasteiger partial charge in [-0.3, -0.25) is 4.84 Å². The molecule has 2 heteroatoms. The first kappa shape index (κ1) is 13.1. The summed E-state index contributed by atoms with van der Waals surface area (Å²) in [4.78, 5) is 5.61. The van der Waals surface area contributed by atoms with E-state index in [0.717, 1.165) is 0 Å². The molecule has 18 heavy (non-hydrogen) atoms. The van der Waals surface area contributed by atoms with E-state index in [-0.39, 0.29) is 11.6 Å². The van der Waals surface area contributed by atoms with Crippen LogP contribution in [0, 0.1) is 0 Å². The van der Waals surface area contributed by atoms with Crippen LogP contribution in [-0.4, -0.2) is 5.60 Å². The molecule has 0 aliphatic heterocycles. The van der Waals surface area contributed by atoms with Crippen LogP contribution in [0.1, 0.15) is 39.3 Å². The van der Waals surface area contributed by atoms with Gasteiger partial charge in [-0.1, -0.05) is 36.4 Å². The van der Waals surface area contributed by atoms with Gasteiger partial charge >= 0.3 is 0 Å². The molecule has 0 spiro atoms. The number of fused-ring (bicyclic) bond motifs is 1. The molecule has 96 valence electrons. The number of benzene rings is 2. The van der Waals surface area contributed by atoms with Gasteiger partial charge < -0.3 is 0 Å². The highest BCUT2D eigenvalue weighted by Gasteiger charge is 2.13. The first-order chi connectivity index (χ1) is 8.46. The van der Waals surface area contributed by atoms with Gasteiger partial charge in [-0.25, -0.2) is 0 Å². The minimum absolute atomic E-state index is 0.175. The third-order valence-corrected chi connectivity index (χ3v) is 2.82. The van der Waals surface area contributed by atoms with Crippen molar-refractivity contribution >= 4 is 10.8 Å². The maximum absolute atomic E-state index is 5.61. The minimum Gasteiger partial charge on any atom is -0.296 e. The zero-order valence-electron chi connectivity index (χ0n) is 11.5. The zero-order chi connectivity index (χ0) is 13.2. The van der Waals surface area contributed by atoms with Crippen LogP contribution in [0.5, 0.6) is 0 Å². The summed E-state index contributed by atoms with van der Waals surface area (Å²) in [5.41, 5.74) is 4.16. The maximum atomic E-state index is 5.61. The third-order valence-electron chi connectivity index (χ3n) is 2.82. The van der Waals surface area contributed by atoms with E-state index in [1.807, 2.05) is 20.8 Å². The summed E-state index contributed by atoms with van der Waals surface area (Å²) in [7, 11) is 0. The van der Waals surface area contributed by atoms with Gasteiger partial charge in [0.05, 0.1) is 11.6 Å². The molecule has 0 heterocycles. The molecule has 2 aromatic carbocycles. The summed E-state index contributed by atoms with van der Waals surface area (Å²) >= 11 is 0. The van der Waals surface area contributed by atoms with Crippen LogP contribution in [0.15, 0.2) is 42.5 Å². The van der Waals surface area contributed by atoms with Gasteiger partial charge in [0.15, 0.2) is 0 Å². The smallest absolute Gasteiger partial charge is 0.0813 e. The molecule has 0 bridgehead atoms. The van der Waals surface area contributed by atoms with Crippen LogP contribution < -0.4 is 5.48 Å². The first-order valence-corrected chi connectivity index (χ1v) is 6.38. The second-order valence-electron chi connectivity index (χ2n) is 5.66. The fourth-order valence-corrected chi connectivity index (χ4v) is 1.81. The van der Waals surface area contributed by atoms with Crippen LogP contribution in [0.3, 0.4) is 0 Å². The monoisotopic (exact) mass is 243 g/mol. The average Bonchev–Trinajstić information content (AvgIpc) is 2.34. The van der Waals surface area contributed by atoms with Crippen molar-refractivity contribution in [3.63, 3.8) is 0 Å². The average molecular weight is 243 g/mol. The molecule has 0 fully saturated rings. The Kier molecular flexibility index (Phi) is 3.69. The Balaban J connectivity index is 2.15. The summed E-state index contributed by atoms with van der Waals surface area (Å²) in [5, 5.41) is 2.53. The fraction of sp³-hybridized carbons (Fsp3) is 0.375. The van der Waals surface area contributed by atoms with Crippen molar-refractivity contribution in [3.05, 3.63) is 48.0 Å². The zero-order valence-corrected chi connectivity index (χ0v) is 11.5. The summed E-state index contributed by atoms with van der Waals surface area (Å²) in [6.07, 6.45) is 0. The molecular formula is C16H21NO. The number of nitrogens with one attached hydrogen (secondary N) is 1. The number of hydroxylamine groups is 1. The lowest BCUT2D eigenvalue weighted by molar-refractivity contribution is -0.0866. The lowest BCUT2D eigenvalue weighted by Gasteiger charge is -2.23. The van der Waals surface area contributed by atoms with E-state index >= 15 is 0 Å². The largest absolute Gasteiger partial charge is 0.296 e. The van der Waals surface area contributed by atoms with E-state index < -0.39 is 0 Å². The molecule has 0 saturated heterocycles. The third kappa shape index (κ3) is 3.31. The second kappa shape index (κ2) is 5.09. The van der Waals surface area contributed by atoms with E-state index in [9.17, 15) is 0 Å². The SMILES string of the molecule is CC(NOC(C)(C)C)c1ccc2ccccc2c1. The van der Waals surface area contributed by atoms with Crippen LogP contribution in [0.2, 0.25) is 0 Å². The molecule has 2 aromatic rings. The van der Waals surface area contributed by atoms with E-state index in [4.69, 9.17) is 4.84 Å². The Morgan fingerprint density at radius 1 is 1.00 bits per heavy atom. The molecule has 1 N–H and O–H groups in total. The van der Waals surface area contributed by atoms with Crippen molar-refractivity contribution in [2.24, 2.45) is 0 Å². The molecule has 0 aliphatic carbocycles. The summed E-state index contributed by atoms with van der Waals surface area (Å²) in [6.45, 7) is 8.21. The van der Waals surface area contributed by atoms with Crippen molar-refractivity contribution in [2.45, 2.75) is 39.3 Å². The quantitative estimate of drug-likeness (QED) is 0.815. The molecule has 2 nitrogen and oxygen atoms in total. The Hall–Kier alpha value is -1.38. The second-order valence-corrected chi connectivity index (χ2v) is 5.66. The fourth-order valence-electron chi connectivity index (χ4n) is 1.81. The molecule has 0 amide bonds. The van der Waals surface area contributed by atoms with Gasteiger partial charge in [0.1, 0.15) is 0 Å². The van der Waals surface area contributed by atoms with Gasteiger partial charge in [-0.05, 0) is 50.1 Å². The number of rotatable bonds is 3. The van der Waals surface area contributed by atoms with Gasteiger partial charge in [0.2, 0.25) is 0 Å². The maximum Gasteiger partial charge on any atom is 0.0813 e. The van der Waals surface area contributed by atoms with E-state index in [1.165, 1.54) is 16.3 Å². The first-order valence-electron chi connectivity index (χ1n) is 6.38. The summed E-state index contributed by atoms with van der Waals surface area (Å²) < 4.78 is 0. The Bertz CT molecular complexity index is 528. The van der Waals surface area contributed by atoms with Gasteiger partial charge in [0.25, 0.3) is 0 Å². The number of hydrogen-bond acceptors (Lipinski definition) is 2. The van der Waals surface area contributed by atoms with E-state index in [1.54, 1.807) is 0 Å². The van der Waals surface area contributed by atoms with Crippen molar-refractivity contribution in [1.82, 2.24) is 5.48 Å². The van der Waals surface area contributed by atoms with E-state index in [0.29, 0.717) is 0 Å². The predicted molar refractivity (Wildman–Crippen MR) is 76.3 cm³/mol. The molecule has 2 rings (SSSR count). The van der Waals surface area contributed by atoms with Crippen molar-refractivity contribution in [3.8, 4) is 0 Å². The van der Waals surface area contributed by atoms with Crippen molar-refractivity contribution < 1.29 is 4.84 Å². The van der Waals surface area contributed by atoms with Gasteiger partial charge in [0, 0.05) is 0 Å². The lowest BCUT2D eigenvalue weighted by Crippen LogP contribution is -2.30. The van der Waals surface area contributed by atoms with Gasteiger partial charge in [-0.15, -0.1) is 0 Å². The Morgan fingerprint density at radius 2 is 1.67 bits per heavy atom. The normalized spacial score (nSPS) is 13.8. The van der Waals surface area contributed by atoms with Crippen molar-refractivity contribution in [2.75, 3.05) is 0 Å². The molecule has 1 unspecified atom stereocenters. The summed E-state index contributed by atoms with van der Waals surface area (Å²) in [6, 6.07) is 15.1. The summed E-state index contributed by atoms with van der Waals surface area (Å²) in [5.74, 6) is 0. The highest BCUT2D eigenvalue weighted by atomic mass is 16.7. The van der Waals surface area contributed by atoms with Crippen LogP contribution in [0.4, 0.5) is 0 Å². The highest BCUT2D eigenvalue weighted by Crippen LogP contribution is 2.20. The van der Waals surface area contributed by atoms with Crippen LogP contribution in [0.25, 0.3) is 10.8 Å². The highest BCUT2D eigenvalue weighted by molar-refractivity contribution is 5.83. The minimum atomic E-state index is -0.175. The van der Waals surface area contributed by atoms with Gasteiger partial charge in [-0.2, -0.15) is 5.48 Å².